The number of aromatic amines is 1. The molecule has 0 aliphatic heterocycles. The van der Waals surface area contributed by atoms with Crippen LogP contribution in [0.2, 0.25) is 5.02 Å². The minimum Gasteiger partial charge on any atom is -0.489 e. The standard InChI is InChI=1S/C20H14ClFN2O2/c1-12-9-15(16(10-23)20(25)24-12)13-5-7-14(8-6-13)26-11-17-18(21)3-2-4-19(17)22/h2-9H,11H2,1H3,(H,24,25). The molecule has 0 fully saturated rings. The van der Waals surface area contributed by atoms with E-state index in [9.17, 15) is 14.4 Å². The van der Waals surface area contributed by atoms with Crippen molar-refractivity contribution in [3.63, 3.8) is 0 Å². The first-order chi connectivity index (χ1) is 12.5. The third-order valence-corrected chi connectivity index (χ3v) is 4.24. The molecule has 2 aromatic carbocycles. The molecular weight excluding hydrogens is 355 g/mol. The first-order valence-electron chi connectivity index (χ1n) is 7.79. The van der Waals surface area contributed by atoms with Gasteiger partial charge in [0.2, 0.25) is 0 Å². The number of rotatable bonds is 4. The summed E-state index contributed by atoms with van der Waals surface area (Å²) >= 11 is 5.98. The summed E-state index contributed by atoms with van der Waals surface area (Å²) in [7, 11) is 0. The molecule has 0 radical (unpaired) electrons. The highest BCUT2D eigenvalue weighted by molar-refractivity contribution is 6.31. The SMILES string of the molecule is Cc1cc(-c2ccc(OCc3c(F)cccc3Cl)cc2)c(C#N)c(=O)[nH]1. The van der Waals surface area contributed by atoms with Crippen LogP contribution >= 0.6 is 11.6 Å². The molecule has 1 heterocycles. The predicted molar refractivity (Wildman–Crippen MR) is 97.7 cm³/mol. The zero-order valence-corrected chi connectivity index (χ0v) is 14.6. The Morgan fingerprint density at radius 3 is 2.62 bits per heavy atom. The van der Waals surface area contributed by atoms with E-state index in [1.165, 1.54) is 12.1 Å². The Morgan fingerprint density at radius 2 is 1.96 bits per heavy atom. The molecule has 1 aromatic heterocycles. The maximum atomic E-state index is 13.8. The van der Waals surface area contributed by atoms with E-state index in [4.69, 9.17) is 16.3 Å². The topological polar surface area (TPSA) is 65.9 Å². The van der Waals surface area contributed by atoms with Crippen LogP contribution in [0.3, 0.4) is 0 Å². The van der Waals surface area contributed by atoms with Gasteiger partial charge in [0.15, 0.2) is 0 Å². The molecule has 130 valence electrons. The summed E-state index contributed by atoms with van der Waals surface area (Å²) in [6.07, 6.45) is 0. The van der Waals surface area contributed by atoms with Gasteiger partial charge >= 0.3 is 0 Å². The third-order valence-electron chi connectivity index (χ3n) is 3.89. The number of aromatic nitrogens is 1. The molecule has 4 nitrogen and oxygen atoms in total. The number of ether oxygens (including phenoxy) is 1. The average Bonchev–Trinajstić information content (AvgIpc) is 2.61. The molecule has 0 spiro atoms. The van der Waals surface area contributed by atoms with Crippen molar-refractivity contribution in [2.24, 2.45) is 0 Å². The van der Waals surface area contributed by atoms with E-state index in [0.717, 1.165) is 0 Å². The summed E-state index contributed by atoms with van der Waals surface area (Å²) in [5.41, 5.74) is 1.86. The van der Waals surface area contributed by atoms with Gasteiger partial charge in [-0.3, -0.25) is 4.79 Å². The van der Waals surface area contributed by atoms with Crippen molar-refractivity contribution >= 4 is 11.6 Å². The molecule has 3 aromatic rings. The highest BCUT2D eigenvalue weighted by atomic mass is 35.5. The van der Waals surface area contributed by atoms with E-state index in [1.54, 1.807) is 43.3 Å². The Labute approximate surface area is 154 Å². The van der Waals surface area contributed by atoms with Crippen LogP contribution in [-0.4, -0.2) is 4.98 Å². The number of halogens is 2. The number of pyridine rings is 1. The Bertz CT molecular complexity index is 1030. The molecule has 0 amide bonds. The summed E-state index contributed by atoms with van der Waals surface area (Å²) < 4.78 is 19.4. The van der Waals surface area contributed by atoms with Gasteiger partial charge < -0.3 is 9.72 Å². The first kappa shape index (κ1) is 17.7. The van der Waals surface area contributed by atoms with Gasteiger partial charge in [0, 0.05) is 16.8 Å². The second kappa shape index (κ2) is 7.42. The minimum atomic E-state index is -0.424. The fourth-order valence-electron chi connectivity index (χ4n) is 2.58. The van der Waals surface area contributed by atoms with Crippen LogP contribution in [0.1, 0.15) is 16.8 Å². The largest absolute Gasteiger partial charge is 0.489 e. The van der Waals surface area contributed by atoms with Crippen LogP contribution in [0.25, 0.3) is 11.1 Å². The molecule has 0 saturated carbocycles. The van der Waals surface area contributed by atoms with E-state index < -0.39 is 11.4 Å². The molecule has 0 atom stereocenters. The first-order valence-corrected chi connectivity index (χ1v) is 8.17. The number of hydrogen-bond donors (Lipinski definition) is 1. The number of aryl methyl sites for hydroxylation is 1. The quantitative estimate of drug-likeness (QED) is 0.732. The summed E-state index contributed by atoms with van der Waals surface area (Å²) in [5.74, 6) is 0.0971. The second-order valence-electron chi connectivity index (χ2n) is 5.70. The van der Waals surface area contributed by atoms with Crippen LogP contribution in [0, 0.1) is 24.1 Å². The number of nitrogens with zero attached hydrogens (tertiary/aromatic N) is 1. The normalized spacial score (nSPS) is 10.4. The predicted octanol–water partition coefficient (Wildman–Crippen LogP) is 4.59. The lowest BCUT2D eigenvalue weighted by Crippen LogP contribution is -2.12. The van der Waals surface area contributed by atoms with Crippen molar-refractivity contribution in [2.45, 2.75) is 13.5 Å². The minimum absolute atomic E-state index is 0.00158. The Kier molecular flexibility index (Phi) is 5.06. The molecule has 0 aliphatic carbocycles. The summed E-state index contributed by atoms with van der Waals surface area (Å²) in [6.45, 7) is 1.75. The lowest BCUT2D eigenvalue weighted by molar-refractivity contribution is 0.300. The Hall–Kier alpha value is -3.10. The van der Waals surface area contributed by atoms with Gasteiger partial charge in [-0.15, -0.1) is 0 Å². The maximum absolute atomic E-state index is 13.8. The van der Waals surface area contributed by atoms with Crippen molar-refractivity contribution in [1.82, 2.24) is 4.98 Å². The molecular formula is C20H14ClFN2O2. The van der Waals surface area contributed by atoms with Gasteiger partial charge in [0.25, 0.3) is 5.56 Å². The molecule has 1 N–H and O–H groups in total. The molecule has 0 unspecified atom stereocenters. The van der Waals surface area contributed by atoms with Crippen LogP contribution in [-0.2, 0) is 6.61 Å². The summed E-state index contributed by atoms with van der Waals surface area (Å²) in [6, 6.07) is 15.0. The van der Waals surface area contributed by atoms with E-state index in [1.807, 2.05) is 6.07 Å². The molecule has 26 heavy (non-hydrogen) atoms. The fourth-order valence-corrected chi connectivity index (χ4v) is 2.80. The van der Waals surface area contributed by atoms with Gasteiger partial charge in [-0.1, -0.05) is 29.8 Å². The van der Waals surface area contributed by atoms with Crippen molar-refractivity contribution in [1.29, 1.82) is 5.26 Å². The van der Waals surface area contributed by atoms with Crippen molar-refractivity contribution < 1.29 is 9.13 Å². The Morgan fingerprint density at radius 1 is 1.23 bits per heavy atom. The van der Waals surface area contributed by atoms with Crippen LogP contribution in [0.4, 0.5) is 4.39 Å². The highest BCUT2D eigenvalue weighted by Crippen LogP contribution is 2.26. The van der Waals surface area contributed by atoms with Crippen LogP contribution in [0.5, 0.6) is 5.75 Å². The smallest absolute Gasteiger partial charge is 0.266 e. The molecule has 3 rings (SSSR count). The molecule has 0 saturated heterocycles. The van der Waals surface area contributed by atoms with Crippen molar-refractivity contribution in [3.05, 3.63) is 86.5 Å². The number of benzene rings is 2. The number of hydrogen-bond acceptors (Lipinski definition) is 3. The van der Waals surface area contributed by atoms with E-state index in [-0.39, 0.29) is 17.7 Å². The lowest BCUT2D eigenvalue weighted by Gasteiger charge is -2.10. The average molecular weight is 369 g/mol. The number of H-pyrrole nitrogens is 1. The van der Waals surface area contributed by atoms with Gasteiger partial charge in [0.1, 0.15) is 29.8 Å². The molecule has 0 bridgehead atoms. The fraction of sp³-hybridized carbons (Fsp3) is 0.100. The van der Waals surface area contributed by atoms with E-state index >= 15 is 0 Å². The monoisotopic (exact) mass is 368 g/mol. The van der Waals surface area contributed by atoms with Gasteiger partial charge in [-0.2, -0.15) is 5.26 Å². The zero-order chi connectivity index (χ0) is 18.7. The van der Waals surface area contributed by atoms with E-state index in [0.29, 0.717) is 27.6 Å². The number of nitriles is 1. The second-order valence-corrected chi connectivity index (χ2v) is 6.10. The van der Waals surface area contributed by atoms with Crippen molar-refractivity contribution in [3.8, 4) is 22.9 Å². The summed E-state index contributed by atoms with van der Waals surface area (Å²) in [4.78, 5) is 14.5. The molecule has 6 heteroatoms. The third kappa shape index (κ3) is 3.61. The number of nitrogens with one attached hydrogen (secondary N) is 1. The Balaban J connectivity index is 1.84. The van der Waals surface area contributed by atoms with Crippen LogP contribution < -0.4 is 10.3 Å². The zero-order valence-electron chi connectivity index (χ0n) is 13.8. The van der Waals surface area contributed by atoms with Gasteiger partial charge in [-0.25, -0.2) is 4.39 Å². The van der Waals surface area contributed by atoms with E-state index in [2.05, 4.69) is 4.98 Å². The maximum Gasteiger partial charge on any atom is 0.266 e. The van der Waals surface area contributed by atoms with Crippen LogP contribution in [0.15, 0.2) is 53.3 Å². The lowest BCUT2D eigenvalue weighted by atomic mass is 10.0. The molecule has 0 aliphatic rings. The van der Waals surface area contributed by atoms with Crippen molar-refractivity contribution in [2.75, 3.05) is 0 Å². The summed E-state index contributed by atoms with van der Waals surface area (Å²) in [5, 5.41) is 9.53. The highest BCUT2D eigenvalue weighted by Gasteiger charge is 2.11. The van der Waals surface area contributed by atoms with Gasteiger partial charge in [0.05, 0.1) is 5.02 Å². The van der Waals surface area contributed by atoms with Gasteiger partial charge in [-0.05, 0) is 42.8 Å².